The summed E-state index contributed by atoms with van der Waals surface area (Å²) in [4.78, 5) is 0. The molecule has 0 bridgehead atoms. The molecule has 0 radical (unpaired) electrons. The first kappa shape index (κ1) is 13.8. The van der Waals surface area contributed by atoms with Gasteiger partial charge >= 0.3 is 0 Å². The fourth-order valence-corrected chi connectivity index (χ4v) is 2.20. The minimum atomic E-state index is 0. The van der Waals surface area contributed by atoms with Gasteiger partial charge in [0.2, 0.25) is 0 Å². The van der Waals surface area contributed by atoms with E-state index in [1.54, 1.807) is 0 Å². The molecule has 0 N–H and O–H groups in total. The zero-order valence-corrected chi connectivity index (χ0v) is 12.9. The average molecular weight is 362 g/mol. The van der Waals surface area contributed by atoms with Gasteiger partial charge in [0.05, 0.1) is 12.6 Å². The van der Waals surface area contributed by atoms with Crippen LogP contribution in [-0.2, 0) is 7.05 Å². The lowest BCUT2D eigenvalue weighted by molar-refractivity contribution is -0.659. The van der Waals surface area contributed by atoms with Gasteiger partial charge in [-0.25, -0.2) is 4.57 Å². The standard InChI is InChI=1S/C16H15N2.HI/c1-17-12-13-18(15-10-6-3-7-11-15)16(17)14-8-4-2-5-9-14;/h2-13H,1H3;1H/q+1;/p-1. The summed E-state index contributed by atoms with van der Waals surface area (Å²) in [7, 11) is 2.07. The van der Waals surface area contributed by atoms with Crippen LogP contribution in [0.2, 0.25) is 0 Å². The van der Waals surface area contributed by atoms with Crippen LogP contribution in [0.5, 0.6) is 0 Å². The Balaban J connectivity index is 0.00000133. The number of hydrogen-bond donors (Lipinski definition) is 0. The SMILES string of the molecule is C[n+]1ccn(-c2ccccc2)c1-c1ccccc1.[I-]. The van der Waals surface area contributed by atoms with Crippen LogP contribution in [0.3, 0.4) is 0 Å². The Kier molecular flexibility index (Phi) is 4.37. The Labute approximate surface area is 130 Å². The van der Waals surface area contributed by atoms with E-state index in [0.717, 1.165) is 0 Å². The monoisotopic (exact) mass is 362 g/mol. The van der Waals surface area contributed by atoms with E-state index in [9.17, 15) is 0 Å². The van der Waals surface area contributed by atoms with E-state index in [-0.39, 0.29) is 24.0 Å². The van der Waals surface area contributed by atoms with Crippen LogP contribution in [-0.4, -0.2) is 4.57 Å². The van der Waals surface area contributed by atoms with Gasteiger partial charge in [0, 0.05) is 0 Å². The van der Waals surface area contributed by atoms with E-state index in [2.05, 4.69) is 77.1 Å². The van der Waals surface area contributed by atoms with Gasteiger partial charge in [0.15, 0.2) is 0 Å². The first-order chi connectivity index (χ1) is 8.86. The number of para-hydroxylation sites is 1. The van der Waals surface area contributed by atoms with E-state index in [0.29, 0.717) is 0 Å². The van der Waals surface area contributed by atoms with Crippen molar-refractivity contribution in [3.63, 3.8) is 0 Å². The van der Waals surface area contributed by atoms with Gasteiger partial charge in [0.25, 0.3) is 5.82 Å². The van der Waals surface area contributed by atoms with Crippen molar-refractivity contribution in [3.8, 4) is 17.1 Å². The summed E-state index contributed by atoms with van der Waals surface area (Å²) >= 11 is 0. The molecular formula is C16H15IN2. The van der Waals surface area contributed by atoms with Gasteiger partial charge in [-0.2, -0.15) is 4.57 Å². The second-order valence-corrected chi connectivity index (χ2v) is 4.30. The van der Waals surface area contributed by atoms with Crippen LogP contribution in [0.25, 0.3) is 17.1 Å². The summed E-state index contributed by atoms with van der Waals surface area (Å²) in [5.74, 6) is 1.18. The minimum absolute atomic E-state index is 0. The first-order valence-corrected chi connectivity index (χ1v) is 6.04. The number of imidazole rings is 1. The molecule has 2 aromatic carbocycles. The van der Waals surface area contributed by atoms with Gasteiger partial charge < -0.3 is 24.0 Å². The Bertz CT molecular complexity index is 645. The summed E-state index contributed by atoms with van der Waals surface area (Å²) in [6, 6.07) is 20.8. The molecule has 0 unspecified atom stereocenters. The molecule has 3 heteroatoms. The highest BCUT2D eigenvalue weighted by Gasteiger charge is 2.17. The smallest absolute Gasteiger partial charge is 0.293 e. The molecule has 0 saturated carbocycles. The van der Waals surface area contributed by atoms with Crippen molar-refractivity contribution >= 4 is 0 Å². The lowest BCUT2D eigenvalue weighted by Gasteiger charge is -2.02. The van der Waals surface area contributed by atoms with Crippen LogP contribution >= 0.6 is 0 Å². The second kappa shape index (κ2) is 6.02. The largest absolute Gasteiger partial charge is 1.00 e. The molecule has 3 aromatic rings. The predicted molar refractivity (Wildman–Crippen MR) is 72.4 cm³/mol. The Hall–Kier alpha value is -1.62. The summed E-state index contributed by atoms with van der Waals surface area (Å²) in [5.41, 5.74) is 2.39. The van der Waals surface area contributed by atoms with Gasteiger partial charge in [-0.3, -0.25) is 0 Å². The fourth-order valence-electron chi connectivity index (χ4n) is 2.20. The van der Waals surface area contributed by atoms with E-state index >= 15 is 0 Å². The zero-order chi connectivity index (χ0) is 12.4. The fraction of sp³-hybridized carbons (Fsp3) is 0.0625. The summed E-state index contributed by atoms with van der Waals surface area (Å²) in [6.07, 6.45) is 4.17. The van der Waals surface area contributed by atoms with Crippen LogP contribution in [0.15, 0.2) is 73.1 Å². The number of halogens is 1. The van der Waals surface area contributed by atoms with Gasteiger partial charge in [0.1, 0.15) is 18.1 Å². The third-order valence-corrected chi connectivity index (χ3v) is 3.07. The maximum atomic E-state index is 2.20. The molecule has 0 aliphatic heterocycles. The molecule has 3 rings (SSSR count). The number of rotatable bonds is 2. The Morgan fingerprint density at radius 2 is 1.42 bits per heavy atom. The quantitative estimate of drug-likeness (QED) is 0.448. The lowest BCUT2D eigenvalue weighted by Crippen LogP contribution is -3.00. The molecule has 96 valence electrons. The molecule has 0 atom stereocenters. The maximum Gasteiger partial charge on any atom is 0.293 e. The summed E-state index contributed by atoms with van der Waals surface area (Å²) in [6.45, 7) is 0. The lowest BCUT2D eigenvalue weighted by atomic mass is 10.2. The summed E-state index contributed by atoms with van der Waals surface area (Å²) in [5, 5.41) is 0. The van der Waals surface area contributed by atoms with Crippen molar-refractivity contribution in [1.82, 2.24) is 4.57 Å². The second-order valence-electron chi connectivity index (χ2n) is 4.30. The zero-order valence-electron chi connectivity index (χ0n) is 10.7. The molecule has 1 heterocycles. The van der Waals surface area contributed by atoms with E-state index in [1.807, 2.05) is 12.1 Å². The van der Waals surface area contributed by atoms with Crippen molar-refractivity contribution in [2.45, 2.75) is 0 Å². The molecule has 0 aliphatic carbocycles. The van der Waals surface area contributed by atoms with Gasteiger partial charge in [-0.1, -0.05) is 36.4 Å². The number of aromatic nitrogens is 2. The molecule has 19 heavy (non-hydrogen) atoms. The van der Waals surface area contributed by atoms with Crippen LogP contribution in [0.4, 0.5) is 0 Å². The molecule has 0 fully saturated rings. The number of nitrogens with zero attached hydrogens (tertiary/aromatic N) is 2. The number of benzene rings is 2. The van der Waals surface area contributed by atoms with Crippen molar-refractivity contribution in [2.75, 3.05) is 0 Å². The molecule has 0 spiro atoms. The third-order valence-electron chi connectivity index (χ3n) is 3.07. The molecule has 2 nitrogen and oxygen atoms in total. The molecular weight excluding hydrogens is 347 g/mol. The first-order valence-electron chi connectivity index (χ1n) is 6.04. The van der Waals surface area contributed by atoms with Gasteiger partial charge in [-0.15, -0.1) is 0 Å². The van der Waals surface area contributed by atoms with Crippen molar-refractivity contribution in [3.05, 3.63) is 73.1 Å². The summed E-state index contributed by atoms with van der Waals surface area (Å²) < 4.78 is 4.34. The average Bonchev–Trinajstić information content (AvgIpc) is 2.83. The van der Waals surface area contributed by atoms with Gasteiger partial charge in [-0.05, 0) is 24.3 Å². The molecule has 0 amide bonds. The van der Waals surface area contributed by atoms with Crippen molar-refractivity contribution < 1.29 is 28.5 Å². The molecule has 0 aliphatic rings. The topological polar surface area (TPSA) is 8.81 Å². The number of hydrogen-bond acceptors (Lipinski definition) is 0. The highest BCUT2D eigenvalue weighted by Crippen LogP contribution is 2.19. The molecule has 1 aromatic heterocycles. The third kappa shape index (κ3) is 2.71. The van der Waals surface area contributed by atoms with Crippen LogP contribution in [0, 0.1) is 0 Å². The highest BCUT2D eigenvalue weighted by atomic mass is 127. The van der Waals surface area contributed by atoms with Crippen molar-refractivity contribution in [2.24, 2.45) is 7.05 Å². The number of aryl methyl sites for hydroxylation is 1. The van der Waals surface area contributed by atoms with E-state index < -0.39 is 0 Å². The van der Waals surface area contributed by atoms with Crippen LogP contribution < -0.4 is 28.5 Å². The highest BCUT2D eigenvalue weighted by molar-refractivity contribution is 5.55. The van der Waals surface area contributed by atoms with E-state index in [1.165, 1.54) is 17.1 Å². The van der Waals surface area contributed by atoms with Crippen molar-refractivity contribution in [1.29, 1.82) is 0 Å². The minimum Gasteiger partial charge on any atom is -1.00 e. The van der Waals surface area contributed by atoms with Crippen LogP contribution in [0.1, 0.15) is 0 Å². The normalized spacial score (nSPS) is 9.95. The molecule has 0 saturated heterocycles. The van der Waals surface area contributed by atoms with E-state index in [4.69, 9.17) is 0 Å². The Morgan fingerprint density at radius 1 is 0.842 bits per heavy atom. The maximum absolute atomic E-state index is 2.20. The predicted octanol–water partition coefficient (Wildman–Crippen LogP) is -0.0272. The Morgan fingerprint density at radius 3 is 2.05 bits per heavy atom.